The highest BCUT2D eigenvalue weighted by atomic mass is 35.5. The van der Waals surface area contributed by atoms with Gasteiger partial charge >= 0.3 is 0 Å². The highest BCUT2D eigenvalue weighted by Crippen LogP contribution is 2.25. The Kier molecular flexibility index (Phi) is 8.70. The van der Waals surface area contributed by atoms with Crippen LogP contribution < -0.4 is 15.5 Å². The molecule has 0 atom stereocenters. The molecule has 0 aliphatic carbocycles. The summed E-state index contributed by atoms with van der Waals surface area (Å²) in [5, 5.41) is 7.04. The third-order valence-corrected chi connectivity index (χ3v) is 7.21. The number of hydrogen-bond acceptors (Lipinski definition) is 4. The van der Waals surface area contributed by atoms with E-state index in [-0.39, 0.29) is 17.9 Å². The fourth-order valence-corrected chi connectivity index (χ4v) is 5.24. The van der Waals surface area contributed by atoms with Gasteiger partial charge in [-0.15, -0.1) is 0 Å². The molecule has 2 fully saturated rings. The third-order valence-electron chi connectivity index (χ3n) is 6.66. The summed E-state index contributed by atoms with van der Waals surface area (Å²) in [6.45, 7) is 5.34. The molecule has 34 heavy (non-hydrogen) atoms. The van der Waals surface area contributed by atoms with Crippen LogP contribution in [0.2, 0.25) is 10.0 Å². The summed E-state index contributed by atoms with van der Waals surface area (Å²) < 4.78 is 0. The first-order chi connectivity index (χ1) is 16.5. The van der Waals surface area contributed by atoms with Crippen molar-refractivity contribution in [1.29, 1.82) is 0 Å². The zero-order chi connectivity index (χ0) is 23.9. The Morgan fingerprint density at radius 1 is 0.882 bits per heavy atom. The fourth-order valence-electron chi connectivity index (χ4n) is 4.75. The normalized spacial score (nSPS) is 17.4. The second kappa shape index (κ2) is 11.9. The highest BCUT2D eigenvalue weighted by molar-refractivity contribution is 6.36. The van der Waals surface area contributed by atoms with Gasteiger partial charge in [-0.25, -0.2) is 0 Å². The summed E-state index contributed by atoms with van der Waals surface area (Å²) in [5.41, 5.74) is 2.08. The molecule has 0 spiro atoms. The Balaban J connectivity index is 1.30. The van der Waals surface area contributed by atoms with Crippen molar-refractivity contribution in [3.8, 4) is 0 Å². The number of likely N-dealkylation sites (tertiary alicyclic amines) is 1. The molecule has 0 aromatic heterocycles. The molecule has 0 bridgehead atoms. The molecule has 2 aromatic carbocycles. The predicted octanol–water partition coefficient (Wildman–Crippen LogP) is 4.61. The molecule has 0 radical (unpaired) electrons. The Morgan fingerprint density at radius 3 is 2.35 bits per heavy atom. The smallest absolute Gasteiger partial charge is 0.253 e. The van der Waals surface area contributed by atoms with Gasteiger partial charge < -0.3 is 20.4 Å². The summed E-state index contributed by atoms with van der Waals surface area (Å²) >= 11 is 12.1. The first-order valence-corrected chi connectivity index (χ1v) is 12.9. The molecule has 6 nitrogen and oxygen atoms in total. The van der Waals surface area contributed by atoms with Crippen molar-refractivity contribution in [2.75, 3.05) is 44.2 Å². The molecule has 2 aromatic rings. The quantitative estimate of drug-likeness (QED) is 0.580. The molecule has 182 valence electrons. The number of carbonyl (C=O) groups excluding carboxylic acids is 2. The van der Waals surface area contributed by atoms with E-state index in [0.717, 1.165) is 51.3 Å². The number of benzene rings is 2. The zero-order valence-electron chi connectivity index (χ0n) is 19.4. The van der Waals surface area contributed by atoms with Gasteiger partial charge in [-0.1, -0.05) is 41.8 Å². The van der Waals surface area contributed by atoms with Gasteiger partial charge in [0.05, 0.1) is 16.1 Å². The molecule has 2 amide bonds. The minimum atomic E-state index is -0.186. The molecule has 0 saturated carbocycles. The number of para-hydroxylation sites is 1. The topological polar surface area (TPSA) is 64.7 Å². The van der Waals surface area contributed by atoms with Crippen molar-refractivity contribution < 1.29 is 9.59 Å². The molecule has 2 aliphatic heterocycles. The number of carbonyl (C=O) groups is 2. The molecule has 0 unspecified atom stereocenters. The lowest BCUT2D eigenvalue weighted by Crippen LogP contribution is -2.45. The van der Waals surface area contributed by atoms with Crippen molar-refractivity contribution in [2.24, 2.45) is 0 Å². The molecule has 8 heteroatoms. The van der Waals surface area contributed by atoms with Crippen LogP contribution >= 0.6 is 23.2 Å². The Labute approximate surface area is 211 Å². The maximum atomic E-state index is 12.9. The van der Waals surface area contributed by atoms with E-state index in [2.05, 4.69) is 20.4 Å². The first-order valence-electron chi connectivity index (χ1n) is 12.1. The first kappa shape index (κ1) is 24.8. The Bertz CT molecular complexity index is 1000. The van der Waals surface area contributed by atoms with Gasteiger partial charge in [-0.05, 0) is 69.1 Å². The van der Waals surface area contributed by atoms with Crippen LogP contribution in [0.5, 0.6) is 0 Å². The van der Waals surface area contributed by atoms with Gasteiger partial charge in [0, 0.05) is 42.9 Å². The average Bonchev–Trinajstić information content (AvgIpc) is 2.85. The summed E-state index contributed by atoms with van der Waals surface area (Å²) in [6.07, 6.45) is 5.40. The Hall–Kier alpha value is -2.28. The van der Waals surface area contributed by atoms with Gasteiger partial charge in [0.25, 0.3) is 11.8 Å². The largest absolute Gasteiger partial charge is 0.371 e. The van der Waals surface area contributed by atoms with Crippen molar-refractivity contribution in [3.05, 3.63) is 63.6 Å². The van der Waals surface area contributed by atoms with Crippen molar-refractivity contribution in [1.82, 2.24) is 15.5 Å². The number of rotatable bonds is 7. The van der Waals surface area contributed by atoms with Crippen molar-refractivity contribution >= 4 is 40.7 Å². The van der Waals surface area contributed by atoms with Crippen LogP contribution in [-0.2, 0) is 0 Å². The van der Waals surface area contributed by atoms with Gasteiger partial charge in [0.15, 0.2) is 0 Å². The molecular formula is C26H32Cl2N4O2. The van der Waals surface area contributed by atoms with Crippen molar-refractivity contribution in [3.63, 3.8) is 0 Å². The van der Waals surface area contributed by atoms with E-state index in [1.807, 2.05) is 24.3 Å². The summed E-state index contributed by atoms with van der Waals surface area (Å²) in [4.78, 5) is 30.2. The van der Waals surface area contributed by atoms with E-state index in [4.69, 9.17) is 23.2 Å². The molecule has 2 saturated heterocycles. The molecule has 2 N–H and O–H groups in total. The fraction of sp³-hybridized carbons (Fsp3) is 0.462. The highest BCUT2D eigenvalue weighted by Gasteiger charge is 2.24. The van der Waals surface area contributed by atoms with E-state index >= 15 is 0 Å². The van der Waals surface area contributed by atoms with E-state index in [1.165, 1.54) is 19.3 Å². The lowest BCUT2D eigenvalue weighted by atomic mass is 10.0. The van der Waals surface area contributed by atoms with E-state index in [9.17, 15) is 9.59 Å². The predicted molar refractivity (Wildman–Crippen MR) is 138 cm³/mol. The number of hydrogen-bond donors (Lipinski definition) is 2. The standard InChI is InChI=1S/C26H32Cl2N4O2/c27-19-8-9-21(23(28)18-19)26(34)30-20-10-15-32(16-11-20)24-7-3-2-6-22(24)25(33)29-12-17-31-13-4-1-5-14-31/h2-3,6-9,18,20H,1,4-5,10-17H2,(H,29,33)(H,30,34). The van der Waals surface area contributed by atoms with Crippen LogP contribution in [0.1, 0.15) is 52.8 Å². The maximum absolute atomic E-state index is 12.9. The van der Waals surface area contributed by atoms with Gasteiger partial charge in [0.2, 0.25) is 0 Å². The van der Waals surface area contributed by atoms with Crippen LogP contribution in [0.25, 0.3) is 0 Å². The van der Waals surface area contributed by atoms with Crippen LogP contribution in [0.4, 0.5) is 5.69 Å². The van der Waals surface area contributed by atoms with Gasteiger partial charge in [-0.2, -0.15) is 0 Å². The monoisotopic (exact) mass is 502 g/mol. The minimum absolute atomic E-state index is 0.0274. The second-order valence-electron chi connectivity index (χ2n) is 9.03. The number of nitrogens with one attached hydrogen (secondary N) is 2. The number of anilines is 1. The van der Waals surface area contributed by atoms with Crippen molar-refractivity contribution in [2.45, 2.75) is 38.1 Å². The number of nitrogens with zero attached hydrogens (tertiary/aromatic N) is 2. The zero-order valence-corrected chi connectivity index (χ0v) is 20.9. The molecular weight excluding hydrogens is 471 g/mol. The van der Waals surface area contributed by atoms with Crippen LogP contribution in [0.15, 0.2) is 42.5 Å². The number of halogens is 2. The lowest BCUT2D eigenvalue weighted by molar-refractivity contribution is 0.0929. The minimum Gasteiger partial charge on any atom is -0.371 e. The molecule has 4 rings (SSSR count). The SMILES string of the molecule is O=C(NC1CCN(c2ccccc2C(=O)NCCN2CCCCC2)CC1)c1ccc(Cl)cc1Cl. The van der Waals surface area contributed by atoms with E-state index < -0.39 is 0 Å². The summed E-state index contributed by atoms with van der Waals surface area (Å²) in [7, 11) is 0. The molecule has 2 heterocycles. The summed E-state index contributed by atoms with van der Waals surface area (Å²) in [5.74, 6) is -0.214. The second-order valence-corrected chi connectivity index (χ2v) is 9.88. The van der Waals surface area contributed by atoms with Crippen LogP contribution in [-0.4, -0.2) is 62.0 Å². The lowest BCUT2D eigenvalue weighted by Gasteiger charge is -2.35. The van der Waals surface area contributed by atoms with E-state index in [0.29, 0.717) is 27.7 Å². The van der Waals surface area contributed by atoms with Crippen LogP contribution in [0, 0.1) is 0 Å². The average molecular weight is 503 g/mol. The van der Waals surface area contributed by atoms with Gasteiger partial charge in [-0.3, -0.25) is 9.59 Å². The Morgan fingerprint density at radius 2 is 1.62 bits per heavy atom. The van der Waals surface area contributed by atoms with Gasteiger partial charge in [0.1, 0.15) is 0 Å². The van der Waals surface area contributed by atoms with Crippen LogP contribution in [0.3, 0.4) is 0 Å². The van der Waals surface area contributed by atoms with E-state index in [1.54, 1.807) is 18.2 Å². The molecule has 2 aliphatic rings. The number of piperidine rings is 2. The number of amides is 2. The summed E-state index contributed by atoms with van der Waals surface area (Å²) in [6, 6.07) is 12.7. The third kappa shape index (κ3) is 6.44. The maximum Gasteiger partial charge on any atom is 0.253 e.